The molecule has 0 radical (unpaired) electrons. The molecule has 0 amide bonds. The number of hydrogen-bond donors (Lipinski definition) is 0. The molecule has 0 saturated carbocycles. The van der Waals surface area contributed by atoms with E-state index >= 15 is 0 Å². The number of hydrogen-bond acceptors (Lipinski definition) is 2. The summed E-state index contributed by atoms with van der Waals surface area (Å²) < 4.78 is 6.10. The van der Waals surface area contributed by atoms with Crippen molar-refractivity contribution in [2.45, 2.75) is 0 Å². The molecule has 0 N–H and O–H groups in total. The first-order chi connectivity index (χ1) is 6.25. The molecule has 0 atom stereocenters. The monoisotopic (exact) mass is 301 g/mol. The largest absolute Gasteiger partial charge is 0.439 e. The fourth-order valence-corrected chi connectivity index (χ4v) is 1.55. The molecule has 13 heavy (non-hydrogen) atoms. The summed E-state index contributed by atoms with van der Waals surface area (Å²) in [4.78, 5) is 4.65. The molecule has 0 bridgehead atoms. The molecule has 0 fully saturated rings. The van der Waals surface area contributed by atoms with Crippen LogP contribution in [0.25, 0.3) is 11.3 Å². The second-order valence-electron chi connectivity index (χ2n) is 2.49. The molecule has 66 valence electrons. The Hall–Kier alpha value is -0.610. The van der Waals surface area contributed by atoms with Crippen LogP contribution in [0.3, 0.4) is 0 Å². The van der Waals surface area contributed by atoms with Crippen LogP contribution in [-0.2, 0) is 0 Å². The average molecular weight is 303 g/mol. The van der Waals surface area contributed by atoms with E-state index < -0.39 is 0 Å². The predicted octanol–water partition coefficient (Wildman–Crippen LogP) is 3.87. The highest BCUT2D eigenvalue weighted by molar-refractivity contribution is 9.10. The molecular weight excluding hydrogens is 298 g/mol. The third kappa shape index (κ3) is 2.00. The first-order valence-corrected chi connectivity index (χ1v) is 5.21. The smallest absolute Gasteiger partial charge is 0.264 e. The first kappa shape index (κ1) is 8.97. The molecular formula is C9H5Br2NO. The van der Waals surface area contributed by atoms with Crippen LogP contribution in [0.15, 0.2) is 44.2 Å². The lowest BCUT2D eigenvalue weighted by molar-refractivity contribution is 0.529. The van der Waals surface area contributed by atoms with Gasteiger partial charge >= 0.3 is 0 Å². The normalized spacial score (nSPS) is 10.3. The number of benzene rings is 1. The molecule has 1 aromatic heterocycles. The van der Waals surface area contributed by atoms with E-state index in [1.165, 1.54) is 0 Å². The molecule has 0 unspecified atom stereocenters. The fourth-order valence-electron chi connectivity index (χ4n) is 1.01. The maximum Gasteiger partial charge on any atom is 0.264 e. The van der Waals surface area contributed by atoms with Crippen molar-refractivity contribution in [3.8, 4) is 11.3 Å². The van der Waals surface area contributed by atoms with E-state index in [2.05, 4.69) is 36.8 Å². The predicted molar refractivity (Wildman–Crippen MR) is 57.3 cm³/mol. The lowest BCUT2D eigenvalue weighted by atomic mass is 10.2. The van der Waals surface area contributed by atoms with E-state index in [0.717, 1.165) is 15.7 Å². The quantitative estimate of drug-likeness (QED) is 0.799. The Labute approximate surface area is 92.2 Å². The zero-order valence-electron chi connectivity index (χ0n) is 6.50. The summed E-state index contributed by atoms with van der Waals surface area (Å²) in [7, 11) is 0. The van der Waals surface area contributed by atoms with Crippen LogP contribution in [0.2, 0.25) is 0 Å². The Kier molecular flexibility index (Phi) is 2.51. The summed E-state index contributed by atoms with van der Waals surface area (Å²) in [6, 6.07) is 7.90. The fraction of sp³-hybridized carbons (Fsp3) is 0. The van der Waals surface area contributed by atoms with Crippen molar-refractivity contribution in [2.75, 3.05) is 0 Å². The van der Waals surface area contributed by atoms with Crippen molar-refractivity contribution >= 4 is 31.9 Å². The Morgan fingerprint density at radius 3 is 2.31 bits per heavy atom. The third-order valence-corrected chi connectivity index (χ3v) is 2.51. The summed E-state index contributed by atoms with van der Waals surface area (Å²) >= 11 is 6.53. The minimum atomic E-state index is 0.505. The van der Waals surface area contributed by atoms with Gasteiger partial charge in [0.15, 0.2) is 0 Å². The topological polar surface area (TPSA) is 26.0 Å². The lowest BCUT2D eigenvalue weighted by Gasteiger charge is -1.94. The van der Waals surface area contributed by atoms with Gasteiger partial charge < -0.3 is 4.42 Å². The third-order valence-electron chi connectivity index (χ3n) is 1.62. The Bertz CT molecular complexity index is 408. The number of oxazole rings is 1. The van der Waals surface area contributed by atoms with Crippen LogP contribution in [0.4, 0.5) is 0 Å². The summed E-state index contributed by atoms with van der Waals surface area (Å²) in [6.45, 7) is 0. The minimum Gasteiger partial charge on any atom is -0.439 e. The highest BCUT2D eigenvalue weighted by Gasteiger charge is 2.02. The zero-order chi connectivity index (χ0) is 9.26. The van der Waals surface area contributed by atoms with E-state index in [0.29, 0.717) is 4.80 Å². The molecule has 2 nitrogen and oxygen atoms in total. The Morgan fingerprint density at radius 1 is 1.08 bits per heavy atom. The number of nitrogens with zero attached hydrogens (tertiary/aromatic N) is 1. The van der Waals surface area contributed by atoms with Gasteiger partial charge in [0.25, 0.3) is 4.80 Å². The molecule has 1 aromatic carbocycles. The molecule has 0 aliphatic rings. The van der Waals surface area contributed by atoms with Crippen molar-refractivity contribution < 1.29 is 4.42 Å². The van der Waals surface area contributed by atoms with E-state index in [9.17, 15) is 0 Å². The first-order valence-electron chi connectivity index (χ1n) is 3.63. The van der Waals surface area contributed by atoms with Gasteiger partial charge in [0.05, 0.1) is 0 Å². The maximum absolute atomic E-state index is 5.04. The highest BCUT2D eigenvalue weighted by Crippen LogP contribution is 2.22. The van der Waals surface area contributed by atoms with Crippen molar-refractivity contribution in [1.82, 2.24) is 4.98 Å². The van der Waals surface area contributed by atoms with Crippen LogP contribution in [0.5, 0.6) is 0 Å². The van der Waals surface area contributed by atoms with Crippen molar-refractivity contribution in [3.63, 3.8) is 0 Å². The van der Waals surface area contributed by atoms with Gasteiger partial charge in [-0.05, 0) is 12.1 Å². The summed E-state index contributed by atoms with van der Waals surface area (Å²) in [5.74, 6) is 0. The summed E-state index contributed by atoms with van der Waals surface area (Å²) in [5, 5.41) is 0. The van der Waals surface area contributed by atoms with Gasteiger partial charge in [-0.15, -0.1) is 0 Å². The molecule has 0 spiro atoms. The second kappa shape index (κ2) is 3.64. The molecule has 1 heterocycles. The number of rotatable bonds is 1. The molecule has 0 aliphatic heterocycles. The number of halogens is 2. The van der Waals surface area contributed by atoms with Gasteiger partial charge in [-0.1, -0.05) is 28.1 Å². The summed E-state index contributed by atoms with van der Waals surface area (Å²) in [5.41, 5.74) is 1.87. The minimum absolute atomic E-state index is 0.505. The molecule has 2 aromatic rings. The Balaban J connectivity index is 2.41. The van der Waals surface area contributed by atoms with Crippen LogP contribution in [0.1, 0.15) is 0 Å². The van der Waals surface area contributed by atoms with E-state index in [1.54, 1.807) is 6.26 Å². The van der Waals surface area contributed by atoms with Gasteiger partial charge in [0.1, 0.15) is 12.0 Å². The van der Waals surface area contributed by atoms with Crippen molar-refractivity contribution in [2.24, 2.45) is 0 Å². The SMILES string of the molecule is Brc1ccc(-c2coc(Br)n2)cc1. The van der Waals surface area contributed by atoms with Crippen LogP contribution < -0.4 is 0 Å². The van der Waals surface area contributed by atoms with E-state index in [1.807, 2.05) is 24.3 Å². The number of aromatic nitrogens is 1. The second-order valence-corrected chi connectivity index (χ2v) is 4.09. The van der Waals surface area contributed by atoms with Gasteiger partial charge in [-0.3, -0.25) is 0 Å². The molecule has 0 saturated heterocycles. The molecule has 2 rings (SSSR count). The standard InChI is InChI=1S/C9H5Br2NO/c10-7-3-1-6(2-4-7)8-5-13-9(11)12-8/h1-5H. The zero-order valence-corrected chi connectivity index (χ0v) is 9.67. The average Bonchev–Trinajstić information content (AvgIpc) is 2.53. The van der Waals surface area contributed by atoms with Gasteiger partial charge in [-0.2, -0.15) is 0 Å². The van der Waals surface area contributed by atoms with E-state index in [-0.39, 0.29) is 0 Å². The Morgan fingerprint density at radius 2 is 1.77 bits per heavy atom. The van der Waals surface area contributed by atoms with Crippen LogP contribution in [0, 0.1) is 0 Å². The van der Waals surface area contributed by atoms with Crippen molar-refractivity contribution in [3.05, 3.63) is 39.8 Å². The lowest BCUT2D eigenvalue weighted by Crippen LogP contribution is -1.75. The maximum atomic E-state index is 5.04. The van der Waals surface area contributed by atoms with Crippen molar-refractivity contribution in [1.29, 1.82) is 0 Å². The molecule has 4 heteroatoms. The van der Waals surface area contributed by atoms with Gasteiger partial charge in [0, 0.05) is 26.0 Å². The van der Waals surface area contributed by atoms with Crippen LogP contribution in [-0.4, -0.2) is 4.98 Å². The molecule has 0 aliphatic carbocycles. The van der Waals surface area contributed by atoms with Crippen LogP contribution >= 0.6 is 31.9 Å². The highest BCUT2D eigenvalue weighted by atomic mass is 79.9. The van der Waals surface area contributed by atoms with Gasteiger partial charge in [-0.25, -0.2) is 4.98 Å². The van der Waals surface area contributed by atoms with Gasteiger partial charge in [0.2, 0.25) is 0 Å². The summed E-state index contributed by atoms with van der Waals surface area (Å²) in [6.07, 6.45) is 1.62. The van der Waals surface area contributed by atoms with E-state index in [4.69, 9.17) is 4.42 Å².